The van der Waals surface area contributed by atoms with Gasteiger partial charge in [0.05, 0.1) is 10.6 Å². The topological polar surface area (TPSA) is 71.4 Å². The summed E-state index contributed by atoms with van der Waals surface area (Å²) in [6.07, 6.45) is 4.89. The molecule has 4 aromatic rings. The Kier molecular flexibility index (Phi) is 6.03. The Balaban J connectivity index is 1.43. The largest absolute Gasteiger partial charge is 0.488 e. The fourth-order valence-corrected chi connectivity index (χ4v) is 4.34. The van der Waals surface area contributed by atoms with Crippen molar-refractivity contribution in [3.63, 3.8) is 0 Å². The van der Waals surface area contributed by atoms with Gasteiger partial charge in [-0.25, -0.2) is 0 Å². The maximum Gasteiger partial charge on any atom is 0.199 e. The van der Waals surface area contributed by atoms with Crippen LogP contribution in [0.2, 0.25) is 5.02 Å². The molecule has 168 valence electrons. The third-order valence-corrected chi connectivity index (χ3v) is 6.12. The number of nitrogens with zero attached hydrogens (tertiary/aromatic N) is 2. The molecule has 1 N–H and O–H groups in total. The van der Waals surface area contributed by atoms with E-state index in [1.807, 2.05) is 36.4 Å². The van der Waals surface area contributed by atoms with Crippen LogP contribution in [0.5, 0.6) is 5.75 Å². The van der Waals surface area contributed by atoms with Gasteiger partial charge in [0.15, 0.2) is 11.5 Å². The summed E-state index contributed by atoms with van der Waals surface area (Å²) < 4.78 is 11.7. The van der Waals surface area contributed by atoms with Crippen LogP contribution in [-0.4, -0.2) is 46.6 Å². The maximum atomic E-state index is 13.6. The van der Waals surface area contributed by atoms with E-state index >= 15 is 0 Å². The number of nitrogens with one attached hydrogen (secondary N) is 1. The highest BCUT2D eigenvalue weighted by molar-refractivity contribution is 6.33. The number of carbonyl (C=O) groups is 1. The molecule has 7 heteroatoms. The minimum atomic E-state index is -0.188. The first-order valence-corrected chi connectivity index (χ1v) is 11.4. The van der Waals surface area contributed by atoms with E-state index in [1.54, 1.807) is 30.6 Å². The second-order valence-electron chi connectivity index (χ2n) is 8.17. The molecule has 6 nitrogen and oxygen atoms in total. The monoisotopic (exact) mass is 461 g/mol. The number of carbonyl (C=O) groups excluding carboxylic acids is 1. The average molecular weight is 462 g/mol. The quantitative estimate of drug-likeness (QED) is 0.341. The minimum absolute atomic E-state index is 0.188. The number of H-pyrrole nitrogens is 1. The number of rotatable bonds is 8. The summed E-state index contributed by atoms with van der Waals surface area (Å²) in [5.74, 6) is 0.976. The van der Waals surface area contributed by atoms with E-state index in [-0.39, 0.29) is 11.9 Å². The normalized spacial score (nSPS) is 14.2. The smallest absolute Gasteiger partial charge is 0.199 e. The van der Waals surface area contributed by atoms with E-state index in [0.29, 0.717) is 33.2 Å². The molecule has 0 bridgehead atoms. The van der Waals surface area contributed by atoms with Crippen molar-refractivity contribution < 1.29 is 14.1 Å². The molecular weight excluding hydrogens is 438 g/mol. The first kappa shape index (κ1) is 21.5. The summed E-state index contributed by atoms with van der Waals surface area (Å²) in [4.78, 5) is 19.0. The molecule has 5 rings (SSSR count). The number of aromatic nitrogens is 2. The molecule has 1 fully saturated rings. The molecule has 1 aliphatic heterocycles. The number of hydrogen-bond donors (Lipinski definition) is 1. The third kappa shape index (κ3) is 4.32. The van der Waals surface area contributed by atoms with Crippen LogP contribution >= 0.6 is 11.6 Å². The lowest BCUT2D eigenvalue weighted by atomic mass is 9.96. The lowest BCUT2D eigenvalue weighted by molar-refractivity contribution is 0.0202. The molecule has 0 saturated carbocycles. The molecule has 0 aliphatic carbocycles. The summed E-state index contributed by atoms with van der Waals surface area (Å²) in [5.41, 5.74) is 2.72. The van der Waals surface area contributed by atoms with Gasteiger partial charge >= 0.3 is 0 Å². The van der Waals surface area contributed by atoms with Gasteiger partial charge in [0, 0.05) is 42.2 Å². The van der Waals surface area contributed by atoms with Crippen molar-refractivity contribution in [1.82, 2.24) is 15.0 Å². The lowest BCUT2D eigenvalue weighted by Crippen LogP contribution is -2.53. The second-order valence-corrected chi connectivity index (χ2v) is 8.57. The highest BCUT2D eigenvalue weighted by Crippen LogP contribution is 2.37. The van der Waals surface area contributed by atoms with E-state index in [2.05, 4.69) is 22.0 Å². The van der Waals surface area contributed by atoms with Gasteiger partial charge < -0.3 is 14.2 Å². The van der Waals surface area contributed by atoms with E-state index < -0.39 is 0 Å². The Bertz CT molecular complexity index is 1240. The summed E-state index contributed by atoms with van der Waals surface area (Å²) in [6, 6.07) is 16.4. The summed E-state index contributed by atoms with van der Waals surface area (Å²) in [6.45, 7) is 5.16. The van der Waals surface area contributed by atoms with Gasteiger partial charge in [-0.2, -0.15) is 0 Å². The van der Waals surface area contributed by atoms with Crippen LogP contribution in [0.3, 0.4) is 0 Å². The van der Waals surface area contributed by atoms with Crippen molar-refractivity contribution in [1.29, 1.82) is 0 Å². The van der Waals surface area contributed by atoms with Crippen molar-refractivity contribution in [2.24, 2.45) is 0 Å². The molecule has 0 spiro atoms. The van der Waals surface area contributed by atoms with Crippen molar-refractivity contribution in [3.05, 3.63) is 83.1 Å². The number of benzene rings is 2. The predicted molar refractivity (Wildman–Crippen MR) is 128 cm³/mol. The Morgan fingerprint density at radius 3 is 2.67 bits per heavy atom. The van der Waals surface area contributed by atoms with Crippen LogP contribution in [0, 0.1) is 0 Å². The number of halogens is 1. The van der Waals surface area contributed by atoms with Crippen LogP contribution in [0.1, 0.15) is 29.3 Å². The second kappa shape index (κ2) is 9.25. The molecule has 1 aliphatic rings. The Hall–Kier alpha value is -3.35. The number of ether oxygens (including phenoxy) is 1. The lowest BCUT2D eigenvalue weighted by Gasteiger charge is -2.38. The van der Waals surface area contributed by atoms with Crippen LogP contribution in [0.15, 0.2) is 71.5 Å². The summed E-state index contributed by atoms with van der Waals surface area (Å²) in [7, 11) is 0. The first-order chi connectivity index (χ1) is 16.1. The van der Waals surface area contributed by atoms with Gasteiger partial charge in [0.1, 0.15) is 17.5 Å². The number of likely N-dealkylation sites (tertiary alicyclic amines) is 1. The van der Waals surface area contributed by atoms with Gasteiger partial charge in [-0.15, -0.1) is 0 Å². The van der Waals surface area contributed by atoms with Crippen LogP contribution in [0.4, 0.5) is 0 Å². The fraction of sp³-hybridized carbons (Fsp3) is 0.231. The van der Waals surface area contributed by atoms with Gasteiger partial charge in [0.2, 0.25) is 0 Å². The Labute approximate surface area is 197 Å². The summed E-state index contributed by atoms with van der Waals surface area (Å²) in [5, 5.41) is 4.73. The van der Waals surface area contributed by atoms with Gasteiger partial charge in [-0.3, -0.25) is 9.69 Å². The molecule has 33 heavy (non-hydrogen) atoms. The highest BCUT2D eigenvalue weighted by atomic mass is 35.5. The molecule has 2 aromatic heterocycles. The van der Waals surface area contributed by atoms with Gasteiger partial charge in [-0.1, -0.05) is 41.9 Å². The minimum Gasteiger partial charge on any atom is -0.488 e. The van der Waals surface area contributed by atoms with E-state index in [9.17, 15) is 4.79 Å². The van der Waals surface area contributed by atoms with Crippen LogP contribution in [-0.2, 0) is 0 Å². The van der Waals surface area contributed by atoms with E-state index in [1.165, 1.54) is 0 Å². The van der Waals surface area contributed by atoms with Crippen molar-refractivity contribution >= 4 is 17.4 Å². The molecule has 0 atom stereocenters. The zero-order valence-corrected chi connectivity index (χ0v) is 19.0. The molecule has 3 heterocycles. The average Bonchev–Trinajstić information content (AvgIpc) is 3.48. The van der Waals surface area contributed by atoms with Crippen LogP contribution in [0.25, 0.3) is 22.6 Å². The van der Waals surface area contributed by atoms with E-state index in [4.69, 9.17) is 20.9 Å². The Morgan fingerprint density at radius 2 is 1.97 bits per heavy atom. The first-order valence-electron chi connectivity index (χ1n) is 11.1. The molecular formula is C26H24ClN3O3. The van der Waals surface area contributed by atoms with Crippen molar-refractivity contribution in [3.8, 4) is 28.3 Å². The highest BCUT2D eigenvalue weighted by Gasteiger charge is 2.29. The van der Waals surface area contributed by atoms with Crippen LogP contribution < -0.4 is 4.74 Å². The van der Waals surface area contributed by atoms with E-state index in [0.717, 1.165) is 37.4 Å². The predicted octanol–water partition coefficient (Wildman–Crippen LogP) is 5.69. The molecule has 1 saturated heterocycles. The zero-order valence-electron chi connectivity index (χ0n) is 18.3. The molecule has 0 amide bonds. The number of aromatic amines is 1. The molecule has 2 aromatic carbocycles. The molecule has 0 radical (unpaired) electrons. The Morgan fingerprint density at radius 1 is 1.18 bits per heavy atom. The molecule has 0 unspecified atom stereocenters. The standard InChI is InChI=1S/C26H24ClN3O3/c1-2-13-30-15-20(16-30)32-19-9-7-17(8-10-19)25(31)23-24(21-5-3-4-6-22(21)27)29-33-26(23)18-11-12-28-14-18/h3-12,14,20,28H,2,13,15-16H2,1H3. The summed E-state index contributed by atoms with van der Waals surface area (Å²) >= 11 is 6.41. The fourth-order valence-electron chi connectivity index (χ4n) is 4.12. The van der Waals surface area contributed by atoms with Crippen molar-refractivity contribution in [2.75, 3.05) is 19.6 Å². The zero-order chi connectivity index (χ0) is 22.8. The number of hydrogen-bond acceptors (Lipinski definition) is 5. The van der Waals surface area contributed by atoms with Crippen molar-refractivity contribution in [2.45, 2.75) is 19.4 Å². The third-order valence-electron chi connectivity index (χ3n) is 5.79. The van der Waals surface area contributed by atoms with Gasteiger partial charge in [-0.05, 0) is 49.4 Å². The maximum absolute atomic E-state index is 13.6. The number of ketones is 1. The van der Waals surface area contributed by atoms with Gasteiger partial charge in [0.25, 0.3) is 0 Å². The SMILES string of the molecule is CCCN1CC(Oc2ccc(C(=O)c3c(-c4ccccc4Cl)noc3-c3cc[nH]c3)cc2)C1.